The van der Waals surface area contributed by atoms with Crippen molar-refractivity contribution in [1.29, 1.82) is 0 Å². The van der Waals surface area contributed by atoms with Crippen LogP contribution in [0.5, 0.6) is 11.5 Å². The van der Waals surface area contributed by atoms with Crippen molar-refractivity contribution in [1.82, 2.24) is 4.90 Å². The molecule has 4 nitrogen and oxygen atoms in total. The molecule has 0 aliphatic carbocycles. The fourth-order valence-corrected chi connectivity index (χ4v) is 5.17. The van der Waals surface area contributed by atoms with Gasteiger partial charge >= 0.3 is 0 Å². The number of ether oxygens (including phenoxy) is 2. The number of hydrogen-bond acceptors (Lipinski definition) is 4. The number of carbonyl (C=O) groups excluding carboxylic acids is 1. The van der Waals surface area contributed by atoms with Crippen LogP contribution < -0.4 is 9.47 Å². The summed E-state index contributed by atoms with van der Waals surface area (Å²) in [7, 11) is 3.34. The molecule has 0 radical (unpaired) electrons. The van der Waals surface area contributed by atoms with Crippen LogP contribution in [0.3, 0.4) is 0 Å². The molecule has 34 heavy (non-hydrogen) atoms. The zero-order valence-corrected chi connectivity index (χ0v) is 21.0. The minimum Gasteiger partial charge on any atom is -0.493 e. The van der Waals surface area contributed by atoms with Gasteiger partial charge in [0.2, 0.25) is 0 Å². The summed E-state index contributed by atoms with van der Waals surface area (Å²) in [5, 5.41) is 0. The minimum absolute atomic E-state index is 0.137. The number of ketones is 1. The van der Waals surface area contributed by atoms with Crippen LogP contribution in [0, 0.1) is 11.7 Å². The number of nitrogens with zero attached hydrogens (tertiary/aromatic N) is 1. The van der Waals surface area contributed by atoms with Crippen molar-refractivity contribution < 1.29 is 18.7 Å². The molecule has 0 saturated carbocycles. The van der Waals surface area contributed by atoms with Gasteiger partial charge in [0.25, 0.3) is 0 Å². The van der Waals surface area contributed by atoms with Gasteiger partial charge in [0.05, 0.1) is 14.2 Å². The van der Waals surface area contributed by atoms with Gasteiger partial charge in [0.1, 0.15) is 11.6 Å². The largest absolute Gasteiger partial charge is 0.493 e. The quantitative estimate of drug-likeness (QED) is 0.317. The predicted octanol–water partition coefficient (Wildman–Crippen LogP) is 6.42. The lowest BCUT2D eigenvalue weighted by Gasteiger charge is -2.36. The topological polar surface area (TPSA) is 38.8 Å². The molecule has 1 fully saturated rings. The molecule has 1 aliphatic heterocycles. The first-order valence-corrected chi connectivity index (χ1v) is 12.7. The first-order chi connectivity index (χ1) is 16.5. The smallest absolute Gasteiger partial charge is 0.164 e. The van der Waals surface area contributed by atoms with Gasteiger partial charge in [-0.1, -0.05) is 44.0 Å². The van der Waals surface area contributed by atoms with Gasteiger partial charge in [-0.15, -0.1) is 0 Å². The molecule has 0 bridgehead atoms. The Hall–Kier alpha value is -2.40. The number of likely N-dealkylation sites (tertiary alicyclic amines) is 1. The highest BCUT2D eigenvalue weighted by atomic mass is 19.1. The SMILES string of the molecule is CCCCCC(=O)C[C@@H](c1cccc(OC)c1OC)C1CCN(CCc2ccc(F)cc2)CC1. The third kappa shape index (κ3) is 7.30. The average Bonchev–Trinajstić information content (AvgIpc) is 2.87. The Morgan fingerprint density at radius 1 is 1.06 bits per heavy atom. The minimum atomic E-state index is -0.187. The van der Waals surface area contributed by atoms with Crippen molar-refractivity contribution in [3.05, 3.63) is 59.4 Å². The summed E-state index contributed by atoms with van der Waals surface area (Å²) in [4.78, 5) is 15.4. The van der Waals surface area contributed by atoms with E-state index < -0.39 is 0 Å². The molecule has 1 saturated heterocycles. The maximum atomic E-state index is 13.2. The molecule has 1 atom stereocenters. The number of carbonyl (C=O) groups is 1. The number of para-hydroxylation sites is 1. The van der Waals surface area contributed by atoms with E-state index in [1.54, 1.807) is 14.2 Å². The molecule has 5 heteroatoms. The van der Waals surface area contributed by atoms with Crippen LogP contribution in [-0.2, 0) is 11.2 Å². The van der Waals surface area contributed by atoms with Crippen molar-refractivity contribution in [2.45, 2.75) is 64.2 Å². The normalized spacial score (nSPS) is 15.8. The summed E-state index contributed by atoms with van der Waals surface area (Å²) >= 11 is 0. The van der Waals surface area contributed by atoms with Crippen molar-refractivity contribution in [2.24, 2.45) is 5.92 Å². The van der Waals surface area contributed by atoms with Gasteiger partial charge in [0, 0.05) is 24.9 Å². The van der Waals surface area contributed by atoms with E-state index >= 15 is 0 Å². The lowest BCUT2D eigenvalue weighted by molar-refractivity contribution is -0.120. The number of Topliss-reactive ketones (excluding diaryl/α,β-unsaturated/α-hetero) is 1. The Balaban J connectivity index is 1.68. The maximum absolute atomic E-state index is 13.2. The Bertz CT molecular complexity index is 891. The van der Waals surface area contributed by atoms with Crippen LogP contribution in [0.1, 0.15) is 68.9 Å². The lowest BCUT2D eigenvalue weighted by Crippen LogP contribution is -2.37. The zero-order chi connectivity index (χ0) is 24.3. The molecule has 0 unspecified atom stereocenters. The second-order valence-corrected chi connectivity index (χ2v) is 9.44. The fourth-order valence-electron chi connectivity index (χ4n) is 5.17. The molecule has 0 aromatic heterocycles. The van der Waals surface area contributed by atoms with Crippen LogP contribution in [0.4, 0.5) is 4.39 Å². The van der Waals surface area contributed by atoms with Crippen LogP contribution in [0.2, 0.25) is 0 Å². The number of halogens is 1. The molecule has 1 aliphatic rings. The van der Waals surface area contributed by atoms with Gasteiger partial charge in [-0.05, 0) is 74.4 Å². The summed E-state index contributed by atoms with van der Waals surface area (Å²) in [6, 6.07) is 12.8. The van der Waals surface area contributed by atoms with E-state index in [1.807, 2.05) is 24.3 Å². The van der Waals surface area contributed by atoms with E-state index in [0.29, 0.717) is 24.5 Å². The van der Waals surface area contributed by atoms with Gasteiger partial charge in [-0.3, -0.25) is 4.79 Å². The van der Waals surface area contributed by atoms with E-state index in [1.165, 1.54) is 17.7 Å². The summed E-state index contributed by atoms with van der Waals surface area (Å²) in [5.74, 6) is 2.21. The van der Waals surface area contributed by atoms with Crippen LogP contribution >= 0.6 is 0 Å². The van der Waals surface area contributed by atoms with Crippen molar-refractivity contribution >= 4 is 5.78 Å². The molecule has 0 amide bonds. The molecule has 186 valence electrons. The van der Waals surface area contributed by atoms with Crippen LogP contribution in [0.15, 0.2) is 42.5 Å². The van der Waals surface area contributed by atoms with Crippen molar-refractivity contribution in [3.63, 3.8) is 0 Å². The Morgan fingerprint density at radius 3 is 2.44 bits per heavy atom. The molecular weight excluding hydrogens is 429 g/mol. The average molecular weight is 470 g/mol. The van der Waals surface area contributed by atoms with E-state index in [4.69, 9.17) is 9.47 Å². The standard InChI is InChI=1S/C29H40FNO3/c1-4-5-6-8-25(32)21-27(26-9-7-10-28(33-2)29(26)34-3)23-16-19-31(20-17-23)18-15-22-11-13-24(30)14-12-22/h7,9-14,23,27H,4-6,8,15-21H2,1-3H3/t27-/m1/s1. The summed E-state index contributed by atoms with van der Waals surface area (Å²) < 4.78 is 24.5. The van der Waals surface area contributed by atoms with E-state index in [-0.39, 0.29) is 11.7 Å². The van der Waals surface area contributed by atoms with Gasteiger partial charge in [-0.2, -0.15) is 0 Å². The number of methoxy groups -OCH3 is 2. The highest BCUT2D eigenvalue weighted by Gasteiger charge is 2.31. The van der Waals surface area contributed by atoms with Crippen molar-refractivity contribution in [3.8, 4) is 11.5 Å². The van der Waals surface area contributed by atoms with E-state index in [2.05, 4.69) is 17.9 Å². The highest BCUT2D eigenvalue weighted by Crippen LogP contribution is 2.43. The lowest BCUT2D eigenvalue weighted by atomic mass is 9.76. The van der Waals surface area contributed by atoms with E-state index in [0.717, 1.165) is 75.2 Å². The second kappa shape index (κ2) is 13.5. The van der Waals surface area contributed by atoms with Gasteiger partial charge in [0.15, 0.2) is 11.5 Å². The molecule has 0 N–H and O–H groups in total. The Kier molecular flexibility index (Phi) is 10.4. The van der Waals surface area contributed by atoms with Gasteiger partial charge in [-0.25, -0.2) is 4.39 Å². The predicted molar refractivity (Wildman–Crippen MR) is 135 cm³/mol. The molecular formula is C29H40FNO3. The molecule has 0 spiro atoms. The number of piperidine rings is 1. The van der Waals surface area contributed by atoms with Crippen molar-refractivity contribution in [2.75, 3.05) is 33.9 Å². The number of unbranched alkanes of at least 4 members (excludes halogenated alkanes) is 2. The summed E-state index contributed by atoms with van der Waals surface area (Å²) in [5.41, 5.74) is 2.26. The maximum Gasteiger partial charge on any atom is 0.164 e. The summed E-state index contributed by atoms with van der Waals surface area (Å²) in [6.07, 6.45) is 7.45. The van der Waals surface area contributed by atoms with Gasteiger partial charge < -0.3 is 14.4 Å². The number of benzene rings is 2. The highest BCUT2D eigenvalue weighted by molar-refractivity contribution is 5.79. The molecule has 1 heterocycles. The third-order valence-corrected chi connectivity index (χ3v) is 7.17. The monoisotopic (exact) mass is 469 g/mol. The Labute approximate surface area is 204 Å². The number of hydrogen-bond donors (Lipinski definition) is 0. The number of rotatable bonds is 13. The zero-order valence-electron chi connectivity index (χ0n) is 21.0. The van der Waals surface area contributed by atoms with Crippen LogP contribution in [0.25, 0.3) is 0 Å². The first-order valence-electron chi connectivity index (χ1n) is 12.7. The molecule has 2 aromatic carbocycles. The Morgan fingerprint density at radius 2 is 1.79 bits per heavy atom. The third-order valence-electron chi connectivity index (χ3n) is 7.17. The fraction of sp³-hybridized carbons (Fsp3) is 0.552. The molecule has 2 aromatic rings. The second-order valence-electron chi connectivity index (χ2n) is 9.44. The van der Waals surface area contributed by atoms with Crippen LogP contribution in [-0.4, -0.2) is 44.5 Å². The first kappa shape index (κ1) is 26.2. The van der Waals surface area contributed by atoms with E-state index in [9.17, 15) is 9.18 Å². The summed E-state index contributed by atoms with van der Waals surface area (Å²) in [6.45, 7) is 5.16. The molecule has 3 rings (SSSR count).